The van der Waals surface area contributed by atoms with Crippen LogP contribution < -0.4 is 15.4 Å². The number of pyridine rings is 2. The minimum Gasteiger partial charge on any atom is -0.307 e. The number of rotatable bonds is 4. The van der Waals surface area contributed by atoms with Gasteiger partial charge in [0.05, 0.1) is 0 Å². The third-order valence-electron chi connectivity index (χ3n) is 3.46. The monoisotopic (exact) mass is 348 g/mol. The van der Waals surface area contributed by atoms with Crippen LogP contribution in [-0.4, -0.2) is 18.4 Å². The molecule has 0 aliphatic rings. The first-order valence-electron chi connectivity index (χ1n) is 6.88. The van der Waals surface area contributed by atoms with Crippen LogP contribution in [0.4, 0.5) is 4.39 Å². The number of nitrogens with zero attached hydrogens (tertiary/aromatic N) is 1. The summed E-state index contributed by atoms with van der Waals surface area (Å²) in [4.78, 5) is 18.1. The highest BCUT2D eigenvalue weighted by Crippen LogP contribution is 2.27. The van der Waals surface area contributed by atoms with Gasteiger partial charge in [0.2, 0.25) is 5.56 Å². The Morgan fingerprint density at radius 2 is 2.00 bits per heavy atom. The molecule has 0 atom stereocenters. The number of benzene rings is 1. The van der Waals surface area contributed by atoms with Gasteiger partial charge in [0, 0.05) is 29.8 Å². The molecule has 1 aromatic carbocycles. The van der Waals surface area contributed by atoms with E-state index in [9.17, 15) is 17.6 Å². The number of aromatic amines is 1. The Kier molecular flexibility index (Phi) is 4.14. The summed E-state index contributed by atoms with van der Waals surface area (Å²) in [6.07, 6.45) is 1.52. The minimum atomic E-state index is -3.89. The smallest absolute Gasteiger partial charge is 0.274 e. The SMILES string of the molecule is NS(=O)(=O)NCc1ccc(-c2ccnc3[nH]c(=O)ccc23)cc1F. The van der Waals surface area contributed by atoms with Gasteiger partial charge in [0.25, 0.3) is 10.2 Å². The van der Waals surface area contributed by atoms with E-state index in [2.05, 4.69) is 9.97 Å². The second-order valence-corrected chi connectivity index (χ2v) is 6.49. The topological polar surface area (TPSA) is 118 Å². The number of hydrogen-bond acceptors (Lipinski definition) is 4. The van der Waals surface area contributed by atoms with Crippen molar-refractivity contribution in [1.29, 1.82) is 0 Å². The highest BCUT2D eigenvalue weighted by molar-refractivity contribution is 7.87. The largest absolute Gasteiger partial charge is 0.307 e. The van der Waals surface area contributed by atoms with E-state index in [-0.39, 0.29) is 17.7 Å². The number of hydrogen-bond donors (Lipinski definition) is 3. The first kappa shape index (κ1) is 16.2. The molecule has 24 heavy (non-hydrogen) atoms. The second-order valence-electron chi connectivity index (χ2n) is 5.12. The van der Waals surface area contributed by atoms with E-state index in [0.29, 0.717) is 22.2 Å². The average Bonchev–Trinajstić information content (AvgIpc) is 2.52. The first-order chi connectivity index (χ1) is 11.3. The summed E-state index contributed by atoms with van der Waals surface area (Å²) in [7, 11) is -3.89. The third kappa shape index (κ3) is 3.48. The zero-order valence-electron chi connectivity index (χ0n) is 12.3. The molecule has 0 unspecified atom stereocenters. The molecule has 0 amide bonds. The van der Waals surface area contributed by atoms with Gasteiger partial charge in [-0.3, -0.25) is 4.79 Å². The predicted octanol–water partition coefficient (Wildman–Crippen LogP) is 1.02. The number of nitrogens with one attached hydrogen (secondary N) is 2. The summed E-state index contributed by atoms with van der Waals surface area (Å²) < 4.78 is 38.0. The van der Waals surface area contributed by atoms with E-state index < -0.39 is 16.0 Å². The van der Waals surface area contributed by atoms with Gasteiger partial charge in [-0.1, -0.05) is 12.1 Å². The molecule has 4 N–H and O–H groups in total. The number of fused-ring (bicyclic) bond motifs is 1. The Bertz CT molecular complexity index is 1080. The van der Waals surface area contributed by atoms with Gasteiger partial charge in [0.15, 0.2) is 0 Å². The molecule has 0 saturated carbocycles. The van der Waals surface area contributed by atoms with Gasteiger partial charge in [-0.2, -0.15) is 13.1 Å². The highest BCUT2D eigenvalue weighted by Gasteiger charge is 2.10. The number of H-pyrrole nitrogens is 1. The van der Waals surface area contributed by atoms with Crippen molar-refractivity contribution in [3.63, 3.8) is 0 Å². The lowest BCUT2D eigenvalue weighted by Gasteiger charge is -2.09. The van der Waals surface area contributed by atoms with E-state index in [0.717, 1.165) is 0 Å². The fraction of sp³-hybridized carbons (Fsp3) is 0.0667. The maximum absolute atomic E-state index is 14.2. The van der Waals surface area contributed by atoms with Crippen molar-refractivity contribution in [2.45, 2.75) is 6.54 Å². The Balaban J connectivity index is 2.02. The average molecular weight is 348 g/mol. The number of halogens is 1. The Morgan fingerprint density at radius 3 is 2.71 bits per heavy atom. The first-order valence-corrected chi connectivity index (χ1v) is 8.42. The lowest BCUT2D eigenvalue weighted by molar-refractivity contribution is 0.576. The summed E-state index contributed by atoms with van der Waals surface area (Å²) in [5, 5.41) is 5.50. The van der Waals surface area contributed by atoms with Crippen LogP contribution >= 0.6 is 0 Å². The molecule has 0 radical (unpaired) electrons. The summed E-state index contributed by atoms with van der Waals surface area (Å²) in [6, 6.07) is 9.11. The van der Waals surface area contributed by atoms with Crippen LogP contribution in [0.2, 0.25) is 0 Å². The lowest BCUT2D eigenvalue weighted by Crippen LogP contribution is -2.30. The van der Waals surface area contributed by atoms with Crippen LogP contribution in [0.1, 0.15) is 5.56 Å². The quantitative estimate of drug-likeness (QED) is 0.652. The number of aromatic nitrogens is 2. The highest BCUT2D eigenvalue weighted by atomic mass is 32.2. The van der Waals surface area contributed by atoms with Crippen LogP contribution in [0.15, 0.2) is 47.4 Å². The van der Waals surface area contributed by atoms with E-state index in [1.807, 2.05) is 4.72 Å². The summed E-state index contributed by atoms with van der Waals surface area (Å²) in [6.45, 7) is -0.241. The molecule has 3 rings (SSSR count). The Morgan fingerprint density at radius 1 is 1.21 bits per heavy atom. The fourth-order valence-electron chi connectivity index (χ4n) is 2.35. The van der Waals surface area contributed by atoms with Crippen molar-refractivity contribution in [2.75, 3.05) is 0 Å². The Labute approximate surface area is 136 Å². The van der Waals surface area contributed by atoms with Gasteiger partial charge in [0.1, 0.15) is 11.5 Å². The van der Waals surface area contributed by atoms with Gasteiger partial charge in [-0.05, 0) is 29.3 Å². The zero-order valence-corrected chi connectivity index (χ0v) is 13.1. The summed E-state index contributed by atoms with van der Waals surface area (Å²) >= 11 is 0. The van der Waals surface area contributed by atoms with Gasteiger partial charge < -0.3 is 4.98 Å². The fourth-order valence-corrected chi connectivity index (χ4v) is 2.70. The molecule has 0 aliphatic heterocycles. The second kappa shape index (κ2) is 6.11. The molecule has 0 fully saturated rings. The molecule has 0 saturated heterocycles. The third-order valence-corrected chi connectivity index (χ3v) is 4.01. The van der Waals surface area contributed by atoms with E-state index >= 15 is 0 Å². The van der Waals surface area contributed by atoms with Crippen LogP contribution in [0.3, 0.4) is 0 Å². The zero-order chi connectivity index (χ0) is 17.3. The summed E-state index contributed by atoms with van der Waals surface area (Å²) in [5.41, 5.74) is 1.56. The Hall–Kier alpha value is -2.62. The van der Waals surface area contributed by atoms with Crippen LogP contribution in [0.25, 0.3) is 22.2 Å². The standard InChI is InChI=1S/C15H13FN4O3S/c16-13-7-9(1-2-10(13)8-19-24(17,22)23)11-5-6-18-15-12(11)3-4-14(21)20-15/h1-7,19H,8H2,(H2,17,22,23)(H,18,20,21). The molecule has 0 spiro atoms. The van der Waals surface area contributed by atoms with Crippen molar-refractivity contribution in [3.8, 4) is 11.1 Å². The molecular weight excluding hydrogens is 335 g/mol. The molecule has 9 heteroatoms. The molecule has 3 aromatic rings. The van der Waals surface area contributed by atoms with Crippen molar-refractivity contribution in [1.82, 2.24) is 14.7 Å². The number of nitrogens with two attached hydrogens (primary N) is 1. The summed E-state index contributed by atoms with van der Waals surface area (Å²) in [5.74, 6) is -0.571. The molecule has 0 aliphatic carbocycles. The molecule has 2 aromatic heterocycles. The molecule has 7 nitrogen and oxygen atoms in total. The molecule has 0 bridgehead atoms. The minimum absolute atomic E-state index is 0.166. The van der Waals surface area contributed by atoms with Crippen molar-refractivity contribution >= 4 is 21.2 Å². The van der Waals surface area contributed by atoms with Crippen LogP contribution in [-0.2, 0) is 16.8 Å². The van der Waals surface area contributed by atoms with E-state index in [4.69, 9.17) is 5.14 Å². The van der Waals surface area contributed by atoms with Crippen molar-refractivity contribution in [2.24, 2.45) is 5.14 Å². The maximum Gasteiger partial charge on any atom is 0.274 e. The van der Waals surface area contributed by atoms with Gasteiger partial charge in [-0.15, -0.1) is 0 Å². The normalized spacial score (nSPS) is 11.8. The van der Waals surface area contributed by atoms with E-state index in [1.54, 1.807) is 18.2 Å². The maximum atomic E-state index is 14.2. The van der Waals surface area contributed by atoms with E-state index in [1.165, 1.54) is 24.4 Å². The molecular formula is C15H13FN4O3S. The van der Waals surface area contributed by atoms with Crippen LogP contribution in [0.5, 0.6) is 0 Å². The van der Waals surface area contributed by atoms with Gasteiger partial charge >= 0.3 is 0 Å². The van der Waals surface area contributed by atoms with Crippen LogP contribution in [0, 0.1) is 5.82 Å². The van der Waals surface area contributed by atoms with Crippen molar-refractivity contribution < 1.29 is 12.8 Å². The predicted molar refractivity (Wildman–Crippen MR) is 87.7 cm³/mol. The van der Waals surface area contributed by atoms with Crippen molar-refractivity contribution in [3.05, 3.63) is 64.3 Å². The molecule has 124 valence electrons. The lowest BCUT2D eigenvalue weighted by atomic mass is 10.0. The molecule has 2 heterocycles. The van der Waals surface area contributed by atoms with Gasteiger partial charge in [-0.25, -0.2) is 14.5 Å².